The van der Waals surface area contributed by atoms with Crippen molar-refractivity contribution in [2.45, 2.75) is 25.8 Å². The summed E-state index contributed by atoms with van der Waals surface area (Å²) in [6, 6.07) is 3.95. The number of amides is 1. The van der Waals surface area contributed by atoms with Crippen molar-refractivity contribution < 1.29 is 4.79 Å². The summed E-state index contributed by atoms with van der Waals surface area (Å²) in [6.07, 6.45) is 8.88. The molecule has 1 amide bonds. The largest absolute Gasteiger partial charge is 0.345 e. The fourth-order valence-corrected chi connectivity index (χ4v) is 1.90. The number of carbonyl (C=O) groups is 1. The number of pyridine rings is 1. The molecule has 0 fully saturated rings. The molecule has 0 saturated carbocycles. The molecule has 2 aromatic rings. The molecule has 2 rings (SSSR count). The van der Waals surface area contributed by atoms with E-state index >= 15 is 0 Å². The highest BCUT2D eigenvalue weighted by molar-refractivity contribution is 5.75. The highest BCUT2D eigenvalue weighted by atomic mass is 16.2. The first-order chi connectivity index (χ1) is 9.75. The van der Waals surface area contributed by atoms with Crippen molar-refractivity contribution in [3.8, 4) is 0 Å². The molecule has 0 aromatic carbocycles. The number of likely N-dealkylation sites (N-methyl/N-ethyl adjacent to an activating group) is 1. The number of aromatic nitrogens is 4. The number of hydrogen-bond donors (Lipinski definition) is 0. The van der Waals surface area contributed by atoms with Gasteiger partial charge in [0.15, 0.2) is 0 Å². The summed E-state index contributed by atoms with van der Waals surface area (Å²) in [5.74, 6) is 0.166. The number of nitrogens with zero attached hydrogens (tertiary/aromatic N) is 5. The number of hydrogen-bond acceptors (Lipinski definition) is 4. The summed E-state index contributed by atoms with van der Waals surface area (Å²) in [6.45, 7) is 1.45. The van der Waals surface area contributed by atoms with Crippen LogP contribution in [0.3, 0.4) is 0 Å². The molecule has 2 aromatic heterocycles. The normalized spacial score (nSPS) is 10.4. The lowest BCUT2D eigenvalue weighted by Crippen LogP contribution is -2.28. The van der Waals surface area contributed by atoms with E-state index in [1.807, 2.05) is 19.2 Å². The van der Waals surface area contributed by atoms with Crippen molar-refractivity contribution in [3.63, 3.8) is 0 Å². The molecule has 0 spiro atoms. The highest BCUT2D eigenvalue weighted by Gasteiger charge is 2.08. The van der Waals surface area contributed by atoms with Crippen LogP contribution in [-0.2, 0) is 17.8 Å². The Morgan fingerprint density at radius 3 is 2.80 bits per heavy atom. The van der Waals surface area contributed by atoms with Gasteiger partial charge in [0.05, 0.1) is 0 Å². The van der Waals surface area contributed by atoms with Crippen LogP contribution in [0.5, 0.6) is 0 Å². The minimum Gasteiger partial charge on any atom is -0.345 e. The zero-order valence-electron chi connectivity index (χ0n) is 11.6. The third-order valence-corrected chi connectivity index (χ3v) is 3.16. The Labute approximate surface area is 118 Å². The molecule has 0 N–H and O–H groups in total. The van der Waals surface area contributed by atoms with Crippen LogP contribution in [0.1, 0.15) is 18.4 Å². The molecule has 0 aliphatic carbocycles. The molecular weight excluding hydrogens is 254 g/mol. The van der Waals surface area contributed by atoms with Crippen molar-refractivity contribution in [2.75, 3.05) is 13.6 Å². The maximum atomic E-state index is 12.0. The van der Waals surface area contributed by atoms with Crippen LogP contribution in [0.2, 0.25) is 0 Å². The average molecular weight is 273 g/mol. The first-order valence-electron chi connectivity index (χ1n) is 6.71. The predicted octanol–water partition coefficient (Wildman–Crippen LogP) is 1.15. The zero-order chi connectivity index (χ0) is 14.2. The van der Waals surface area contributed by atoms with Gasteiger partial charge in [-0.1, -0.05) is 0 Å². The van der Waals surface area contributed by atoms with Crippen LogP contribution in [-0.4, -0.2) is 44.1 Å². The molecule has 106 valence electrons. The molecule has 0 bridgehead atoms. The van der Waals surface area contributed by atoms with Gasteiger partial charge in [-0.05, 0) is 30.5 Å². The Bertz CT molecular complexity index is 512. The van der Waals surface area contributed by atoms with Crippen molar-refractivity contribution in [2.24, 2.45) is 0 Å². The fraction of sp³-hybridized carbons (Fsp3) is 0.429. The summed E-state index contributed by atoms with van der Waals surface area (Å²) in [5.41, 5.74) is 1.20. The number of carbonyl (C=O) groups excluding carboxylic acids is 1. The number of rotatable bonds is 7. The topological polar surface area (TPSA) is 63.9 Å². The van der Waals surface area contributed by atoms with E-state index in [1.54, 1.807) is 28.3 Å². The van der Waals surface area contributed by atoms with Crippen LogP contribution in [0.15, 0.2) is 37.2 Å². The predicted molar refractivity (Wildman–Crippen MR) is 74.8 cm³/mol. The van der Waals surface area contributed by atoms with E-state index in [1.165, 1.54) is 11.9 Å². The van der Waals surface area contributed by atoms with Gasteiger partial charge in [-0.15, -0.1) is 0 Å². The van der Waals surface area contributed by atoms with Gasteiger partial charge in [-0.25, -0.2) is 4.98 Å². The minimum atomic E-state index is 0.166. The lowest BCUT2D eigenvalue weighted by Gasteiger charge is -2.17. The Morgan fingerprint density at radius 2 is 2.10 bits per heavy atom. The van der Waals surface area contributed by atoms with Gasteiger partial charge in [0.25, 0.3) is 0 Å². The Hall–Kier alpha value is -2.24. The van der Waals surface area contributed by atoms with E-state index in [9.17, 15) is 4.79 Å². The summed E-state index contributed by atoms with van der Waals surface area (Å²) in [7, 11) is 1.85. The monoisotopic (exact) mass is 273 g/mol. The molecule has 0 radical (unpaired) electrons. The Balaban J connectivity index is 1.66. The van der Waals surface area contributed by atoms with E-state index in [0.717, 1.165) is 25.9 Å². The van der Waals surface area contributed by atoms with Gasteiger partial charge in [-0.2, -0.15) is 5.10 Å². The molecule has 0 atom stereocenters. The van der Waals surface area contributed by atoms with Gasteiger partial charge in [0.1, 0.15) is 12.7 Å². The van der Waals surface area contributed by atoms with Crippen LogP contribution in [0, 0.1) is 0 Å². The second kappa shape index (κ2) is 7.37. The molecule has 20 heavy (non-hydrogen) atoms. The molecule has 0 unspecified atom stereocenters. The van der Waals surface area contributed by atoms with Gasteiger partial charge in [0, 0.05) is 39.0 Å². The summed E-state index contributed by atoms with van der Waals surface area (Å²) in [4.78, 5) is 21.6. The first kappa shape index (κ1) is 14.2. The third kappa shape index (κ3) is 4.46. The van der Waals surface area contributed by atoms with E-state index in [0.29, 0.717) is 6.42 Å². The van der Waals surface area contributed by atoms with E-state index in [4.69, 9.17) is 0 Å². The quantitative estimate of drug-likeness (QED) is 0.759. The summed E-state index contributed by atoms with van der Waals surface area (Å²) >= 11 is 0. The molecule has 0 saturated heterocycles. The van der Waals surface area contributed by atoms with Crippen molar-refractivity contribution in [1.29, 1.82) is 0 Å². The first-order valence-corrected chi connectivity index (χ1v) is 6.71. The van der Waals surface area contributed by atoms with Crippen LogP contribution in [0.25, 0.3) is 0 Å². The van der Waals surface area contributed by atoms with Gasteiger partial charge >= 0.3 is 0 Å². The Morgan fingerprint density at radius 1 is 1.30 bits per heavy atom. The van der Waals surface area contributed by atoms with Gasteiger partial charge in [0.2, 0.25) is 5.91 Å². The van der Waals surface area contributed by atoms with Crippen LogP contribution in [0.4, 0.5) is 0 Å². The SMILES string of the molecule is CN(CCc1ccncc1)C(=O)CCCn1cncn1. The van der Waals surface area contributed by atoms with Gasteiger partial charge in [-0.3, -0.25) is 14.5 Å². The van der Waals surface area contributed by atoms with Gasteiger partial charge < -0.3 is 4.90 Å². The van der Waals surface area contributed by atoms with E-state index in [2.05, 4.69) is 15.1 Å². The highest BCUT2D eigenvalue weighted by Crippen LogP contribution is 2.02. The summed E-state index contributed by atoms with van der Waals surface area (Å²) in [5, 5.41) is 4.01. The fourth-order valence-electron chi connectivity index (χ4n) is 1.90. The van der Waals surface area contributed by atoms with Crippen LogP contribution >= 0.6 is 0 Å². The molecule has 2 heterocycles. The maximum Gasteiger partial charge on any atom is 0.222 e. The maximum absolute atomic E-state index is 12.0. The van der Waals surface area contributed by atoms with Crippen molar-refractivity contribution in [1.82, 2.24) is 24.6 Å². The average Bonchev–Trinajstić information content (AvgIpc) is 2.99. The van der Waals surface area contributed by atoms with E-state index in [-0.39, 0.29) is 5.91 Å². The number of aryl methyl sites for hydroxylation is 1. The molecule has 6 heteroatoms. The Kier molecular flexibility index (Phi) is 5.23. The second-order valence-electron chi connectivity index (χ2n) is 4.68. The smallest absolute Gasteiger partial charge is 0.222 e. The van der Waals surface area contributed by atoms with Crippen LogP contribution < -0.4 is 0 Å². The molecule has 0 aliphatic heterocycles. The zero-order valence-corrected chi connectivity index (χ0v) is 11.6. The van der Waals surface area contributed by atoms with Crippen molar-refractivity contribution in [3.05, 3.63) is 42.7 Å². The minimum absolute atomic E-state index is 0.166. The molecule has 0 aliphatic rings. The lowest BCUT2D eigenvalue weighted by molar-refractivity contribution is -0.130. The van der Waals surface area contributed by atoms with E-state index < -0.39 is 0 Å². The molecular formula is C14H19N5O. The van der Waals surface area contributed by atoms with Crippen molar-refractivity contribution >= 4 is 5.91 Å². The third-order valence-electron chi connectivity index (χ3n) is 3.16. The lowest BCUT2D eigenvalue weighted by atomic mass is 10.2. The molecule has 6 nitrogen and oxygen atoms in total. The summed E-state index contributed by atoms with van der Waals surface area (Å²) < 4.78 is 1.74. The standard InChI is InChI=1S/C14H19N5O/c1-18(10-6-13-4-7-15-8-5-13)14(20)3-2-9-19-12-16-11-17-19/h4-5,7-8,11-12H,2-3,6,9-10H2,1H3. The second-order valence-corrected chi connectivity index (χ2v) is 4.68.